The minimum atomic E-state index is -1.93. The number of carbonyl (C=O) groups is 1. The van der Waals surface area contributed by atoms with E-state index >= 15 is 0 Å². The maximum absolute atomic E-state index is 12.9. The molecule has 4 heteroatoms. The Bertz CT molecular complexity index is 944. The third-order valence-corrected chi connectivity index (χ3v) is 10.3. The number of benzene rings is 3. The van der Waals surface area contributed by atoms with Gasteiger partial charge in [0.15, 0.2) is 0 Å². The molecule has 3 aromatic rings. The molecule has 1 amide bonds. The SMILES string of the molecule is C[Si](C)(c1ccccc1)[C@H]1COC(=O)N(Cc2ccccc2)[C@H]1c1ccccc1. The van der Waals surface area contributed by atoms with Crippen LogP contribution in [0.5, 0.6) is 0 Å². The average molecular weight is 402 g/mol. The lowest BCUT2D eigenvalue weighted by molar-refractivity contribution is 0.0388. The molecule has 4 rings (SSSR count). The molecule has 0 unspecified atom stereocenters. The van der Waals surface area contributed by atoms with Crippen molar-refractivity contribution in [1.82, 2.24) is 4.90 Å². The molecule has 0 radical (unpaired) electrons. The molecule has 0 bridgehead atoms. The fourth-order valence-electron chi connectivity index (χ4n) is 4.36. The van der Waals surface area contributed by atoms with Crippen LogP contribution in [-0.2, 0) is 11.3 Å². The monoisotopic (exact) mass is 401 g/mol. The number of nitrogens with zero attached hydrogens (tertiary/aromatic N) is 1. The van der Waals surface area contributed by atoms with E-state index in [1.807, 2.05) is 29.2 Å². The van der Waals surface area contributed by atoms with Gasteiger partial charge in [0.25, 0.3) is 0 Å². The molecule has 1 aliphatic heterocycles. The molecule has 0 N–H and O–H groups in total. The van der Waals surface area contributed by atoms with Crippen molar-refractivity contribution in [3.05, 3.63) is 102 Å². The van der Waals surface area contributed by atoms with Crippen LogP contribution in [0.15, 0.2) is 91.0 Å². The van der Waals surface area contributed by atoms with Crippen LogP contribution in [0.3, 0.4) is 0 Å². The number of hydrogen-bond donors (Lipinski definition) is 0. The van der Waals surface area contributed by atoms with E-state index in [2.05, 4.69) is 79.8 Å². The van der Waals surface area contributed by atoms with Crippen molar-refractivity contribution in [3.63, 3.8) is 0 Å². The first-order valence-corrected chi connectivity index (χ1v) is 13.2. The minimum absolute atomic E-state index is 0.000436. The molecule has 29 heavy (non-hydrogen) atoms. The Hall–Kier alpha value is -2.85. The first-order valence-electron chi connectivity index (χ1n) is 10.1. The number of cyclic esters (lactones) is 1. The second-order valence-corrected chi connectivity index (χ2v) is 13.0. The Kier molecular flexibility index (Phi) is 5.54. The summed E-state index contributed by atoms with van der Waals surface area (Å²) in [6, 6.07) is 31.3. The van der Waals surface area contributed by atoms with Gasteiger partial charge in [0.2, 0.25) is 0 Å². The molecule has 1 heterocycles. The van der Waals surface area contributed by atoms with Crippen molar-refractivity contribution in [2.45, 2.75) is 31.2 Å². The van der Waals surface area contributed by atoms with Crippen LogP contribution in [0.1, 0.15) is 17.2 Å². The smallest absolute Gasteiger partial charge is 0.410 e. The molecule has 3 nitrogen and oxygen atoms in total. The summed E-state index contributed by atoms with van der Waals surface area (Å²) < 4.78 is 5.76. The lowest BCUT2D eigenvalue weighted by atomic mass is 10.00. The number of rotatable bonds is 5. The molecule has 0 saturated carbocycles. The van der Waals surface area contributed by atoms with Gasteiger partial charge in [-0.2, -0.15) is 0 Å². The van der Waals surface area contributed by atoms with Crippen LogP contribution >= 0.6 is 0 Å². The van der Waals surface area contributed by atoms with Gasteiger partial charge >= 0.3 is 6.09 Å². The van der Waals surface area contributed by atoms with E-state index in [1.165, 1.54) is 10.8 Å². The van der Waals surface area contributed by atoms with E-state index in [1.54, 1.807) is 0 Å². The van der Waals surface area contributed by atoms with E-state index in [-0.39, 0.29) is 17.7 Å². The highest BCUT2D eigenvalue weighted by Crippen LogP contribution is 2.43. The summed E-state index contributed by atoms with van der Waals surface area (Å²) in [6.45, 7) is 5.80. The van der Waals surface area contributed by atoms with Gasteiger partial charge in [-0.1, -0.05) is 109 Å². The van der Waals surface area contributed by atoms with Gasteiger partial charge in [0, 0.05) is 12.1 Å². The molecule has 1 fully saturated rings. The Balaban J connectivity index is 1.77. The highest BCUT2D eigenvalue weighted by atomic mass is 28.3. The van der Waals surface area contributed by atoms with E-state index < -0.39 is 8.07 Å². The minimum Gasteiger partial charge on any atom is -0.449 e. The highest BCUT2D eigenvalue weighted by Gasteiger charge is 2.47. The summed E-state index contributed by atoms with van der Waals surface area (Å²) in [4.78, 5) is 14.8. The van der Waals surface area contributed by atoms with E-state index in [9.17, 15) is 4.79 Å². The summed E-state index contributed by atoms with van der Waals surface area (Å²) in [5.74, 6) is 0. The molecule has 3 aromatic carbocycles. The van der Waals surface area contributed by atoms with Crippen molar-refractivity contribution >= 4 is 19.4 Å². The van der Waals surface area contributed by atoms with Crippen molar-refractivity contribution in [2.24, 2.45) is 0 Å². The van der Waals surface area contributed by atoms with Crippen LogP contribution < -0.4 is 5.19 Å². The van der Waals surface area contributed by atoms with Crippen molar-refractivity contribution < 1.29 is 9.53 Å². The largest absolute Gasteiger partial charge is 0.449 e. The third kappa shape index (κ3) is 3.98. The zero-order valence-electron chi connectivity index (χ0n) is 17.0. The van der Waals surface area contributed by atoms with Crippen LogP contribution in [0.2, 0.25) is 18.6 Å². The molecule has 1 saturated heterocycles. The number of amides is 1. The normalized spacial score (nSPS) is 19.7. The predicted molar refractivity (Wildman–Crippen MR) is 120 cm³/mol. The summed E-state index contributed by atoms with van der Waals surface area (Å²) in [7, 11) is -1.93. The second-order valence-electron chi connectivity index (χ2n) is 8.24. The van der Waals surface area contributed by atoms with Gasteiger partial charge in [-0.25, -0.2) is 4.79 Å². The van der Waals surface area contributed by atoms with Crippen molar-refractivity contribution in [1.29, 1.82) is 0 Å². The van der Waals surface area contributed by atoms with Gasteiger partial charge in [-0.15, -0.1) is 0 Å². The Labute approximate surface area is 174 Å². The molecule has 0 spiro atoms. The number of hydrogen-bond acceptors (Lipinski definition) is 2. The first-order chi connectivity index (χ1) is 14.1. The number of carbonyl (C=O) groups excluding carboxylic acids is 1. The topological polar surface area (TPSA) is 29.5 Å². The van der Waals surface area contributed by atoms with Crippen LogP contribution in [0, 0.1) is 0 Å². The molecular formula is C25H27NO2Si. The second kappa shape index (κ2) is 8.25. The molecule has 1 aliphatic rings. The standard InChI is InChI=1S/C25H27NO2Si/c1-29(2,22-16-10-5-11-17-22)23-19-28-25(27)26(18-20-12-6-3-7-13-20)24(23)21-14-8-4-9-15-21/h3-17,23-24H,18-19H2,1-2H3/t23-,24-/m0/s1. The number of ether oxygens (including phenoxy) is 1. The zero-order chi connectivity index (χ0) is 20.3. The molecule has 2 atom stereocenters. The van der Waals surface area contributed by atoms with Gasteiger partial charge in [-0.05, 0) is 11.1 Å². The summed E-state index contributed by atoms with van der Waals surface area (Å²) in [6.07, 6.45) is -0.225. The Morgan fingerprint density at radius 2 is 1.41 bits per heavy atom. The maximum atomic E-state index is 12.9. The predicted octanol–water partition coefficient (Wildman–Crippen LogP) is 5.37. The van der Waals surface area contributed by atoms with Gasteiger partial charge in [0.05, 0.1) is 20.7 Å². The summed E-state index contributed by atoms with van der Waals surface area (Å²) in [5.41, 5.74) is 2.56. The fourth-order valence-corrected chi connectivity index (χ4v) is 7.50. The molecular weight excluding hydrogens is 374 g/mol. The van der Waals surface area contributed by atoms with Crippen LogP contribution in [0.4, 0.5) is 4.79 Å². The average Bonchev–Trinajstić information content (AvgIpc) is 2.77. The van der Waals surface area contributed by atoms with E-state index in [0.29, 0.717) is 13.2 Å². The summed E-state index contributed by atoms with van der Waals surface area (Å²) >= 11 is 0. The Morgan fingerprint density at radius 3 is 2.03 bits per heavy atom. The van der Waals surface area contributed by atoms with Crippen molar-refractivity contribution in [2.75, 3.05) is 6.61 Å². The third-order valence-electron chi connectivity index (χ3n) is 6.12. The van der Waals surface area contributed by atoms with Gasteiger partial charge in [0.1, 0.15) is 0 Å². The Morgan fingerprint density at radius 1 is 0.862 bits per heavy atom. The van der Waals surface area contributed by atoms with Gasteiger partial charge < -0.3 is 4.74 Å². The van der Waals surface area contributed by atoms with Crippen LogP contribution in [0.25, 0.3) is 0 Å². The summed E-state index contributed by atoms with van der Waals surface area (Å²) in [5, 5.41) is 1.39. The van der Waals surface area contributed by atoms with Crippen LogP contribution in [-0.4, -0.2) is 25.7 Å². The first kappa shape index (κ1) is 19.5. The fraction of sp³-hybridized carbons (Fsp3) is 0.240. The van der Waals surface area contributed by atoms with Gasteiger partial charge in [-0.3, -0.25) is 4.90 Å². The lowest BCUT2D eigenvalue weighted by Crippen LogP contribution is -2.56. The quantitative estimate of drug-likeness (QED) is 0.538. The lowest BCUT2D eigenvalue weighted by Gasteiger charge is -2.46. The molecule has 0 aromatic heterocycles. The maximum Gasteiger partial charge on any atom is 0.410 e. The van der Waals surface area contributed by atoms with E-state index in [0.717, 1.165) is 5.56 Å². The van der Waals surface area contributed by atoms with E-state index in [4.69, 9.17) is 4.74 Å². The molecule has 148 valence electrons. The highest BCUT2D eigenvalue weighted by molar-refractivity contribution is 6.91. The van der Waals surface area contributed by atoms with Crippen molar-refractivity contribution in [3.8, 4) is 0 Å². The molecule has 0 aliphatic carbocycles. The zero-order valence-corrected chi connectivity index (χ0v) is 18.0.